The molecule has 9 heteroatoms. The number of rotatable bonds is 3. The monoisotopic (exact) mass is 394 g/mol. The highest BCUT2D eigenvalue weighted by Gasteiger charge is 2.49. The Morgan fingerprint density at radius 3 is 2.62 bits per heavy atom. The number of anilines is 1. The maximum atomic E-state index is 12.3. The summed E-state index contributed by atoms with van der Waals surface area (Å²) in [4.78, 5) is 30.4. The number of piperidine rings is 1. The number of hydrogen-bond acceptors (Lipinski definition) is 4. The second kappa shape index (κ2) is 8.34. The van der Waals surface area contributed by atoms with Crippen LogP contribution in [0, 0.1) is 5.92 Å². The van der Waals surface area contributed by atoms with E-state index in [0.29, 0.717) is 23.9 Å². The van der Waals surface area contributed by atoms with Crippen molar-refractivity contribution in [3.05, 3.63) is 23.4 Å². The topological polar surface area (TPSA) is 88.3 Å². The molecule has 3 N–H and O–H groups in total. The number of likely N-dealkylation sites (tertiary alicyclic amines) is 1. The quantitative estimate of drug-likeness (QED) is 0.821. The molecule has 1 aliphatic carbocycles. The number of nitrogens with two attached hydrogens (primary N) is 1. The summed E-state index contributed by atoms with van der Waals surface area (Å²) in [7, 11) is 0. The largest absolute Gasteiger partial charge is 0.340 e. The van der Waals surface area contributed by atoms with Crippen LogP contribution >= 0.6 is 36.4 Å². The first-order chi connectivity index (χ1) is 10.5. The molecule has 0 spiro atoms. The molecule has 1 unspecified atom stereocenters. The summed E-state index contributed by atoms with van der Waals surface area (Å²) in [6.07, 6.45) is 4.55. The standard InChI is InChI=1S/C15H19ClN4O2.2ClH/c16-11-3-4-12(18-8-11)19-13(21)10-2-1-7-20(9-10)14(22)15(17)5-6-15;;/h3-4,8,10H,1-2,5-7,9,17H2,(H,18,19,21);2*1H. The van der Waals surface area contributed by atoms with Crippen LogP contribution in [0.3, 0.4) is 0 Å². The van der Waals surface area contributed by atoms with Crippen molar-refractivity contribution in [1.82, 2.24) is 9.88 Å². The molecule has 0 aromatic carbocycles. The molecule has 2 fully saturated rings. The molecule has 24 heavy (non-hydrogen) atoms. The number of carbonyl (C=O) groups excluding carboxylic acids is 2. The second-order valence-corrected chi connectivity index (χ2v) is 6.53. The molecule has 6 nitrogen and oxygen atoms in total. The average Bonchev–Trinajstić information content (AvgIpc) is 3.28. The summed E-state index contributed by atoms with van der Waals surface area (Å²) < 4.78 is 0. The van der Waals surface area contributed by atoms with E-state index in [9.17, 15) is 9.59 Å². The zero-order valence-corrected chi connectivity index (χ0v) is 15.4. The number of pyridine rings is 1. The predicted molar refractivity (Wildman–Crippen MR) is 97.8 cm³/mol. The number of carbonyl (C=O) groups is 2. The molecule has 2 heterocycles. The lowest BCUT2D eigenvalue weighted by molar-refractivity contribution is -0.136. The van der Waals surface area contributed by atoms with Gasteiger partial charge in [0.05, 0.1) is 16.5 Å². The maximum Gasteiger partial charge on any atom is 0.242 e. The molecule has 1 saturated carbocycles. The highest BCUT2D eigenvalue weighted by atomic mass is 35.5. The van der Waals surface area contributed by atoms with Gasteiger partial charge in [-0.05, 0) is 37.8 Å². The molecule has 1 atom stereocenters. The van der Waals surface area contributed by atoms with E-state index in [1.165, 1.54) is 6.20 Å². The summed E-state index contributed by atoms with van der Waals surface area (Å²) in [6.45, 7) is 1.11. The molecule has 1 aromatic rings. The van der Waals surface area contributed by atoms with Crippen LogP contribution in [0.5, 0.6) is 0 Å². The Labute approximate surface area is 158 Å². The minimum Gasteiger partial charge on any atom is -0.340 e. The lowest BCUT2D eigenvalue weighted by Crippen LogP contribution is -2.51. The van der Waals surface area contributed by atoms with Crippen molar-refractivity contribution < 1.29 is 9.59 Å². The molecule has 0 bridgehead atoms. The van der Waals surface area contributed by atoms with Crippen molar-refractivity contribution in [3.63, 3.8) is 0 Å². The molecule has 0 radical (unpaired) electrons. The molecule has 1 aliphatic heterocycles. The van der Waals surface area contributed by atoms with Gasteiger partial charge in [-0.2, -0.15) is 0 Å². The molecule has 3 rings (SSSR count). The third-order valence-electron chi connectivity index (χ3n) is 4.27. The van der Waals surface area contributed by atoms with Gasteiger partial charge in [-0.15, -0.1) is 24.8 Å². The Balaban J connectivity index is 0.00000144. The maximum absolute atomic E-state index is 12.3. The van der Waals surface area contributed by atoms with Gasteiger partial charge in [0.2, 0.25) is 11.8 Å². The Morgan fingerprint density at radius 2 is 2.04 bits per heavy atom. The Morgan fingerprint density at radius 1 is 1.33 bits per heavy atom. The summed E-state index contributed by atoms with van der Waals surface area (Å²) in [5, 5.41) is 3.29. The number of hydrogen-bond donors (Lipinski definition) is 2. The summed E-state index contributed by atoms with van der Waals surface area (Å²) in [5.41, 5.74) is 5.30. The zero-order valence-electron chi connectivity index (χ0n) is 13.0. The number of halogens is 3. The van der Waals surface area contributed by atoms with Gasteiger partial charge in [-0.1, -0.05) is 11.6 Å². The van der Waals surface area contributed by atoms with Crippen molar-refractivity contribution in [1.29, 1.82) is 0 Å². The fraction of sp³-hybridized carbons (Fsp3) is 0.533. The van der Waals surface area contributed by atoms with E-state index in [4.69, 9.17) is 17.3 Å². The minimum atomic E-state index is -0.671. The van der Waals surface area contributed by atoms with Crippen molar-refractivity contribution in [2.75, 3.05) is 18.4 Å². The average molecular weight is 396 g/mol. The molecular weight excluding hydrogens is 375 g/mol. The second-order valence-electron chi connectivity index (χ2n) is 6.10. The Kier molecular flexibility index (Phi) is 7.28. The van der Waals surface area contributed by atoms with Crippen molar-refractivity contribution in [2.45, 2.75) is 31.2 Å². The van der Waals surface area contributed by atoms with Crippen LogP contribution in [0.25, 0.3) is 0 Å². The van der Waals surface area contributed by atoms with Crippen LogP contribution in [-0.4, -0.2) is 40.3 Å². The van der Waals surface area contributed by atoms with Gasteiger partial charge in [-0.3, -0.25) is 9.59 Å². The van der Waals surface area contributed by atoms with Crippen molar-refractivity contribution in [2.24, 2.45) is 11.7 Å². The third kappa shape index (κ3) is 4.72. The van der Waals surface area contributed by atoms with Crippen LogP contribution in [0.15, 0.2) is 18.3 Å². The van der Waals surface area contributed by atoms with Gasteiger partial charge in [0.25, 0.3) is 0 Å². The van der Waals surface area contributed by atoms with E-state index in [2.05, 4.69) is 10.3 Å². The first-order valence-corrected chi connectivity index (χ1v) is 7.86. The van der Waals surface area contributed by atoms with E-state index >= 15 is 0 Å². The SMILES string of the molecule is Cl.Cl.NC1(C(=O)N2CCCC(C(=O)Nc3ccc(Cl)cn3)C2)CC1. The van der Waals surface area contributed by atoms with Gasteiger partial charge >= 0.3 is 0 Å². The van der Waals surface area contributed by atoms with E-state index in [1.807, 2.05) is 0 Å². The first-order valence-electron chi connectivity index (χ1n) is 7.49. The molecular formula is C15H21Cl3N4O2. The number of amides is 2. The molecule has 2 aliphatic rings. The van der Waals surface area contributed by atoms with Crippen LogP contribution in [0.4, 0.5) is 5.82 Å². The Bertz CT molecular complexity index is 593. The molecule has 1 aromatic heterocycles. The van der Waals surface area contributed by atoms with Gasteiger partial charge in [0.15, 0.2) is 0 Å². The number of nitrogens with zero attached hydrogens (tertiary/aromatic N) is 2. The first kappa shape index (κ1) is 21.0. The van der Waals surface area contributed by atoms with Gasteiger partial charge < -0.3 is 16.0 Å². The Hall–Kier alpha value is -1.08. The highest BCUT2D eigenvalue weighted by molar-refractivity contribution is 6.30. The summed E-state index contributed by atoms with van der Waals surface area (Å²) >= 11 is 5.77. The lowest BCUT2D eigenvalue weighted by atomic mass is 9.96. The minimum absolute atomic E-state index is 0. The van der Waals surface area contributed by atoms with Gasteiger partial charge in [0, 0.05) is 19.3 Å². The molecule has 1 saturated heterocycles. The van der Waals surface area contributed by atoms with Crippen molar-refractivity contribution in [3.8, 4) is 0 Å². The highest BCUT2D eigenvalue weighted by Crippen LogP contribution is 2.35. The predicted octanol–water partition coefficient (Wildman–Crippen LogP) is 2.25. The summed E-state index contributed by atoms with van der Waals surface area (Å²) in [5.74, 6) is 0.108. The number of nitrogens with one attached hydrogen (secondary N) is 1. The van der Waals surface area contributed by atoms with Crippen molar-refractivity contribution >= 4 is 54.0 Å². The zero-order chi connectivity index (χ0) is 15.7. The van der Waals surface area contributed by atoms with Crippen LogP contribution < -0.4 is 11.1 Å². The van der Waals surface area contributed by atoms with E-state index in [0.717, 1.165) is 25.7 Å². The normalized spacial score (nSPS) is 21.1. The van der Waals surface area contributed by atoms with E-state index < -0.39 is 5.54 Å². The van der Waals surface area contributed by atoms with Gasteiger partial charge in [0.1, 0.15) is 5.82 Å². The fourth-order valence-corrected chi connectivity index (χ4v) is 2.83. The molecule has 2 amide bonds. The third-order valence-corrected chi connectivity index (χ3v) is 4.50. The molecule has 134 valence electrons. The van der Waals surface area contributed by atoms with Crippen LogP contribution in [0.2, 0.25) is 5.02 Å². The van der Waals surface area contributed by atoms with E-state index in [1.54, 1.807) is 17.0 Å². The lowest BCUT2D eigenvalue weighted by Gasteiger charge is -2.33. The smallest absolute Gasteiger partial charge is 0.242 e. The van der Waals surface area contributed by atoms with Crippen LogP contribution in [-0.2, 0) is 9.59 Å². The van der Waals surface area contributed by atoms with Crippen LogP contribution in [0.1, 0.15) is 25.7 Å². The van der Waals surface area contributed by atoms with Gasteiger partial charge in [-0.25, -0.2) is 4.98 Å². The number of aromatic nitrogens is 1. The fourth-order valence-electron chi connectivity index (χ4n) is 2.72. The van der Waals surface area contributed by atoms with E-state index in [-0.39, 0.29) is 42.5 Å². The summed E-state index contributed by atoms with van der Waals surface area (Å²) in [6, 6.07) is 3.33.